The topological polar surface area (TPSA) is 58.6 Å². The molecule has 0 aliphatic carbocycles. The highest BCUT2D eigenvalue weighted by atomic mass is 19.4. The molecule has 1 atom stereocenters. The fourth-order valence-electron chi connectivity index (χ4n) is 0.764. The van der Waals surface area contributed by atoms with Crippen molar-refractivity contribution in [3.8, 4) is 0 Å². The Morgan fingerprint density at radius 2 is 2.00 bits per heavy atom. The first kappa shape index (κ1) is 14.0. The summed E-state index contributed by atoms with van der Waals surface area (Å²) in [6.07, 6.45) is -5.72. The first-order valence-electron chi connectivity index (χ1n) is 4.37. The number of halogens is 3. The zero-order chi connectivity index (χ0) is 12.1. The Kier molecular flexibility index (Phi) is 5.41. The van der Waals surface area contributed by atoms with Crippen LogP contribution in [0.4, 0.5) is 18.0 Å². The highest BCUT2D eigenvalue weighted by molar-refractivity contribution is 5.67. The molecule has 0 bridgehead atoms. The summed E-state index contributed by atoms with van der Waals surface area (Å²) in [6.45, 7) is 1.45. The van der Waals surface area contributed by atoms with Gasteiger partial charge in [0, 0.05) is 0 Å². The lowest BCUT2D eigenvalue weighted by Gasteiger charge is -2.19. The molecule has 90 valence electrons. The van der Waals surface area contributed by atoms with Gasteiger partial charge in [-0.3, -0.25) is 0 Å². The molecular formula is C8H14F3NO3. The van der Waals surface area contributed by atoms with E-state index in [0.29, 0.717) is 0 Å². The SMILES string of the molecule is CC(C)C(CO)NC(=O)OCC(F)(F)F. The number of nitrogens with one attached hydrogen (secondary N) is 1. The van der Waals surface area contributed by atoms with E-state index in [1.807, 2.05) is 0 Å². The third kappa shape index (κ3) is 7.01. The maximum absolute atomic E-state index is 11.6. The number of hydrogen-bond acceptors (Lipinski definition) is 3. The summed E-state index contributed by atoms with van der Waals surface area (Å²) >= 11 is 0. The quantitative estimate of drug-likeness (QED) is 0.763. The van der Waals surface area contributed by atoms with E-state index in [9.17, 15) is 18.0 Å². The second-order valence-corrected chi connectivity index (χ2v) is 3.37. The summed E-state index contributed by atoms with van der Waals surface area (Å²) < 4.78 is 38.8. The van der Waals surface area contributed by atoms with E-state index in [4.69, 9.17) is 5.11 Å². The largest absolute Gasteiger partial charge is 0.440 e. The fraction of sp³-hybridized carbons (Fsp3) is 0.875. The lowest BCUT2D eigenvalue weighted by Crippen LogP contribution is -2.42. The predicted octanol–water partition coefficient (Wildman–Crippen LogP) is 1.29. The van der Waals surface area contributed by atoms with Gasteiger partial charge in [0.2, 0.25) is 0 Å². The van der Waals surface area contributed by atoms with Crippen molar-refractivity contribution in [2.45, 2.75) is 26.1 Å². The van der Waals surface area contributed by atoms with Crippen molar-refractivity contribution in [3.05, 3.63) is 0 Å². The fourth-order valence-corrected chi connectivity index (χ4v) is 0.764. The maximum atomic E-state index is 11.6. The molecule has 0 aliphatic rings. The summed E-state index contributed by atoms with van der Waals surface area (Å²) in [5.74, 6) is -0.0894. The molecule has 0 heterocycles. The normalized spacial score (nSPS) is 13.8. The van der Waals surface area contributed by atoms with Gasteiger partial charge in [-0.15, -0.1) is 0 Å². The van der Waals surface area contributed by atoms with Crippen molar-refractivity contribution in [1.29, 1.82) is 0 Å². The molecule has 0 saturated heterocycles. The first-order valence-corrected chi connectivity index (χ1v) is 4.37. The Bertz CT molecular complexity index is 206. The van der Waals surface area contributed by atoms with Crippen molar-refractivity contribution in [1.82, 2.24) is 5.32 Å². The zero-order valence-corrected chi connectivity index (χ0v) is 8.47. The standard InChI is InChI=1S/C8H14F3NO3/c1-5(2)6(3-13)12-7(14)15-4-8(9,10)11/h5-6,13H,3-4H2,1-2H3,(H,12,14). The van der Waals surface area contributed by atoms with Crippen LogP contribution < -0.4 is 5.32 Å². The molecule has 0 saturated carbocycles. The molecule has 1 amide bonds. The summed E-state index contributed by atoms with van der Waals surface area (Å²) in [4.78, 5) is 10.8. The van der Waals surface area contributed by atoms with E-state index < -0.39 is 24.9 Å². The number of carbonyl (C=O) groups is 1. The van der Waals surface area contributed by atoms with Gasteiger partial charge in [0.1, 0.15) is 0 Å². The van der Waals surface area contributed by atoms with Gasteiger partial charge in [0.15, 0.2) is 6.61 Å². The Hall–Kier alpha value is -0.980. The summed E-state index contributed by atoms with van der Waals surface area (Å²) in [5, 5.41) is 10.9. The van der Waals surface area contributed by atoms with Gasteiger partial charge in [-0.05, 0) is 5.92 Å². The molecule has 0 aromatic rings. The highest BCUT2D eigenvalue weighted by Gasteiger charge is 2.30. The van der Waals surface area contributed by atoms with Crippen molar-refractivity contribution in [2.24, 2.45) is 5.92 Å². The molecule has 2 N–H and O–H groups in total. The average molecular weight is 229 g/mol. The maximum Gasteiger partial charge on any atom is 0.422 e. The van der Waals surface area contributed by atoms with Gasteiger partial charge in [-0.1, -0.05) is 13.8 Å². The van der Waals surface area contributed by atoms with Crippen LogP contribution in [0.15, 0.2) is 0 Å². The number of rotatable bonds is 4. The molecule has 0 radical (unpaired) electrons. The number of hydrogen-bond donors (Lipinski definition) is 2. The smallest absolute Gasteiger partial charge is 0.422 e. The minimum Gasteiger partial charge on any atom is -0.440 e. The van der Waals surface area contributed by atoms with E-state index in [-0.39, 0.29) is 12.5 Å². The van der Waals surface area contributed by atoms with Gasteiger partial charge < -0.3 is 15.2 Å². The third-order valence-electron chi connectivity index (χ3n) is 1.67. The van der Waals surface area contributed by atoms with E-state index >= 15 is 0 Å². The zero-order valence-electron chi connectivity index (χ0n) is 8.47. The number of ether oxygens (including phenoxy) is 1. The van der Waals surface area contributed by atoms with Gasteiger partial charge in [0.25, 0.3) is 0 Å². The summed E-state index contributed by atoms with van der Waals surface area (Å²) in [6, 6.07) is -0.606. The average Bonchev–Trinajstić information content (AvgIpc) is 2.09. The van der Waals surface area contributed by atoms with Crippen molar-refractivity contribution >= 4 is 6.09 Å². The van der Waals surface area contributed by atoms with E-state index in [2.05, 4.69) is 10.1 Å². The van der Waals surface area contributed by atoms with Crippen LogP contribution in [0.25, 0.3) is 0 Å². The third-order valence-corrected chi connectivity index (χ3v) is 1.67. The minimum absolute atomic E-state index is 0.0894. The lowest BCUT2D eigenvalue weighted by molar-refractivity contribution is -0.160. The van der Waals surface area contributed by atoms with Crippen LogP contribution >= 0.6 is 0 Å². The van der Waals surface area contributed by atoms with E-state index in [1.54, 1.807) is 13.8 Å². The Morgan fingerprint density at radius 3 is 2.33 bits per heavy atom. The van der Waals surface area contributed by atoms with Crippen LogP contribution in [-0.4, -0.2) is 36.6 Å². The van der Waals surface area contributed by atoms with Crippen LogP contribution in [-0.2, 0) is 4.74 Å². The molecule has 1 unspecified atom stereocenters. The van der Waals surface area contributed by atoms with Gasteiger partial charge in [-0.25, -0.2) is 4.79 Å². The van der Waals surface area contributed by atoms with Crippen molar-refractivity contribution in [3.63, 3.8) is 0 Å². The van der Waals surface area contributed by atoms with Gasteiger partial charge in [-0.2, -0.15) is 13.2 Å². The molecule has 0 rings (SSSR count). The molecule has 4 nitrogen and oxygen atoms in total. The number of alkyl carbamates (subject to hydrolysis) is 1. The molecule has 15 heavy (non-hydrogen) atoms. The molecular weight excluding hydrogens is 215 g/mol. The molecule has 0 aromatic heterocycles. The first-order chi connectivity index (χ1) is 6.76. The van der Waals surface area contributed by atoms with Crippen LogP contribution in [0.2, 0.25) is 0 Å². The molecule has 0 spiro atoms. The number of aliphatic hydroxyl groups excluding tert-OH is 1. The van der Waals surface area contributed by atoms with Crippen LogP contribution in [0.3, 0.4) is 0 Å². The van der Waals surface area contributed by atoms with Crippen molar-refractivity contribution in [2.75, 3.05) is 13.2 Å². The monoisotopic (exact) mass is 229 g/mol. The van der Waals surface area contributed by atoms with E-state index in [1.165, 1.54) is 0 Å². The van der Waals surface area contributed by atoms with Crippen LogP contribution in [0.1, 0.15) is 13.8 Å². The lowest BCUT2D eigenvalue weighted by atomic mass is 10.1. The predicted molar refractivity (Wildman–Crippen MR) is 46.3 cm³/mol. The Balaban J connectivity index is 3.92. The second-order valence-electron chi connectivity index (χ2n) is 3.37. The number of aliphatic hydroxyl groups is 1. The minimum atomic E-state index is -4.54. The highest BCUT2D eigenvalue weighted by Crippen LogP contribution is 2.14. The van der Waals surface area contributed by atoms with Gasteiger partial charge >= 0.3 is 12.3 Å². The molecule has 0 fully saturated rings. The number of alkyl halides is 3. The van der Waals surface area contributed by atoms with E-state index in [0.717, 1.165) is 0 Å². The number of amides is 1. The Labute approximate surface area is 85.4 Å². The molecule has 0 aliphatic heterocycles. The summed E-state index contributed by atoms with van der Waals surface area (Å²) in [5.41, 5.74) is 0. The molecule has 7 heteroatoms. The number of carbonyl (C=O) groups excluding carboxylic acids is 1. The van der Waals surface area contributed by atoms with Crippen LogP contribution in [0, 0.1) is 5.92 Å². The second kappa shape index (κ2) is 5.79. The molecule has 0 aromatic carbocycles. The van der Waals surface area contributed by atoms with Gasteiger partial charge in [0.05, 0.1) is 12.6 Å². The van der Waals surface area contributed by atoms with Crippen LogP contribution in [0.5, 0.6) is 0 Å². The van der Waals surface area contributed by atoms with Crippen molar-refractivity contribution < 1.29 is 27.8 Å². The summed E-state index contributed by atoms with van der Waals surface area (Å²) in [7, 11) is 0. The Morgan fingerprint density at radius 1 is 1.47 bits per heavy atom.